The van der Waals surface area contributed by atoms with Crippen LogP contribution >= 0.6 is 0 Å². The summed E-state index contributed by atoms with van der Waals surface area (Å²) in [4.78, 5) is 14.3. The molecule has 138 valence electrons. The molecule has 0 atom stereocenters. The summed E-state index contributed by atoms with van der Waals surface area (Å²) < 4.78 is 0. The summed E-state index contributed by atoms with van der Waals surface area (Å²) in [6.45, 7) is 8.26. The summed E-state index contributed by atoms with van der Waals surface area (Å²) in [6, 6.07) is 11.4. The molecule has 26 heavy (non-hydrogen) atoms. The van der Waals surface area contributed by atoms with Gasteiger partial charge in [0.2, 0.25) is 5.95 Å². The van der Waals surface area contributed by atoms with Crippen LogP contribution in [0.5, 0.6) is 0 Å². The van der Waals surface area contributed by atoms with Crippen LogP contribution in [0.2, 0.25) is 0 Å². The second-order valence-electron chi connectivity index (χ2n) is 7.63. The lowest BCUT2D eigenvalue weighted by Gasteiger charge is -2.37. The van der Waals surface area contributed by atoms with Gasteiger partial charge in [-0.15, -0.1) is 0 Å². The highest BCUT2D eigenvalue weighted by molar-refractivity contribution is 5.52. The van der Waals surface area contributed by atoms with Crippen LogP contribution in [0.1, 0.15) is 36.9 Å². The first kappa shape index (κ1) is 17.1. The van der Waals surface area contributed by atoms with Gasteiger partial charge in [0.15, 0.2) is 0 Å². The van der Waals surface area contributed by atoms with E-state index in [1.165, 1.54) is 36.9 Å². The molecule has 1 aliphatic carbocycles. The Balaban J connectivity index is 1.43. The lowest BCUT2D eigenvalue weighted by molar-refractivity contribution is 0.645. The third-order valence-corrected chi connectivity index (χ3v) is 5.50. The maximum Gasteiger partial charge on any atom is 0.225 e. The molecule has 0 unspecified atom stereocenters. The summed E-state index contributed by atoms with van der Waals surface area (Å²) >= 11 is 0. The SMILES string of the molecule is Cc1cccc(N2CCN(c3cc(C)nc(NC4CCCC4)n3)CC2)c1. The smallest absolute Gasteiger partial charge is 0.225 e. The van der Waals surface area contributed by atoms with Crippen LogP contribution in [0.3, 0.4) is 0 Å². The topological polar surface area (TPSA) is 44.3 Å². The van der Waals surface area contributed by atoms with Crippen molar-refractivity contribution in [3.63, 3.8) is 0 Å². The van der Waals surface area contributed by atoms with Gasteiger partial charge < -0.3 is 15.1 Å². The van der Waals surface area contributed by atoms with E-state index in [1.54, 1.807) is 0 Å². The fraction of sp³-hybridized carbons (Fsp3) is 0.524. The highest BCUT2D eigenvalue weighted by Crippen LogP contribution is 2.24. The van der Waals surface area contributed by atoms with Gasteiger partial charge in [-0.1, -0.05) is 25.0 Å². The van der Waals surface area contributed by atoms with Crippen LogP contribution in [0.25, 0.3) is 0 Å². The second-order valence-corrected chi connectivity index (χ2v) is 7.63. The Morgan fingerprint density at radius 1 is 0.923 bits per heavy atom. The first-order valence-electron chi connectivity index (χ1n) is 9.86. The number of aromatic nitrogens is 2. The number of nitrogens with zero attached hydrogens (tertiary/aromatic N) is 4. The maximum atomic E-state index is 4.82. The second kappa shape index (κ2) is 7.52. The summed E-state index contributed by atoms with van der Waals surface area (Å²) in [5.74, 6) is 1.86. The molecule has 1 aromatic carbocycles. The van der Waals surface area contributed by atoms with Crippen LogP contribution < -0.4 is 15.1 Å². The molecule has 0 amide bonds. The van der Waals surface area contributed by atoms with E-state index < -0.39 is 0 Å². The molecular weight excluding hydrogens is 322 g/mol. The molecular formula is C21H29N5. The summed E-state index contributed by atoms with van der Waals surface area (Å²) in [5.41, 5.74) is 3.68. The van der Waals surface area contributed by atoms with E-state index in [0.29, 0.717) is 6.04 Å². The molecule has 2 heterocycles. The Bertz CT molecular complexity index is 746. The molecule has 0 spiro atoms. The molecule has 1 aliphatic heterocycles. The minimum Gasteiger partial charge on any atom is -0.368 e. The molecule has 1 N–H and O–H groups in total. The molecule has 1 saturated carbocycles. The van der Waals surface area contributed by atoms with Crippen LogP contribution in [0.4, 0.5) is 17.5 Å². The van der Waals surface area contributed by atoms with Crippen molar-refractivity contribution in [2.24, 2.45) is 0 Å². The van der Waals surface area contributed by atoms with Gasteiger partial charge in [-0.05, 0) is 44.4 Å². The lowest BCUT2D eigenvalue weighted by Crippen LogP contribution is -2.47. The van der Waals surface area contributed by atoms with E-state index in [0.717, 1.165) is 43.6 Å². The van der Waals surface area contributed by atoms with Gasteiger partial charge in [-0.25, -0.2) is 4.98 Å². The third kappa shape index (κ3) is 3.92. The largest absolute Gasteiger partial charge is 0.368 e. The number of hydrogen-bond acceptors (Lipinski definition) is 5. The first-order chi connectivity index (χ1) is 12.7. The van der Waals surface area contributed by atoms with Crippen molar-refractivity contribution >= 4 is 17.5 Å². The molecule has 1 saturated heterocycles. The maximum absolute atomic E-state index is 4.82. The third-order valence-electron chi connectivity index (χ3n) is 5.50. The number of nitrogens with one attached hydrogen (secondary N) is 1. The number of anilines is 3. The number of hydrogen-bond donors (Lipinski definition) is 1. The van der Waals surface area contributed by atoms with E-state index in [2.05, 4.69) is 64.3 Å². The minimum absolute atomic E-state index is 0.544. The fourth-order valence-corrected chi connectivity index (χ4v) is 4.05. The fourth-order valence-electron chi connectivity index (χ4n) is 4.05. The molecule has 4 rings (SSSR count). The predicted octanol–water partition coefficient (Wildman–Crippen LogP) is 3.77. The molecule has 5 heteroatoms. The average Bonchev–Trinajstić information content (AvgIpc) is 3.14. The molecule has 2 fully saturated rings. The highest BCUT2D eigenvalue weighted by Gasteiger charge is 2.20. The van der Waals surface area contributed by atoms with Crippen molar-refractivity contribution < 1.29 is 0 Å². The first-order valence-corrected chi connectivity index (χ1v) is 9.86. The van der Waals surface area contributed by atoms with Crippen molar-refractivity contribution in [3.8, 4) is 0 Å². The number of benzene rings is 1. The number of rotatable bonds is 4. The standard InChI is InChI=1S/C21H29N5/c1-16-6-5-9-19(14-16)25-10-12-26(13-11-25)20-15-17(2)22-21(24-20)23-18-7-3-4-8-18/h5-6,9,14-15,18H,3-4,7-8,10-13H2,1-2H3,(H,22,23,24). The lowest BCUT2D eigenvalue weighted by atomic mass is 10.2. The van der Waals surface area contributed by atoms with Gasteiger partial charge in [0.25, 0.3) is 0 Å². The van der Waals surface area contributed by atoms with Crippen molar-refractivity contribution in [3.05, 3.63) is 41.6 Å². The highest BCUT2D eigenvalue weighted by atomic mass is 15.3. The zero-order valence-electron chi connectivity index (χ0n) is 15.9. The summed E-state index contributed by atoms with van der Waals surface area (Å²) in [6.07, 6.45) is 5.11. The van der Waals surface area contributed by atoms with E-state index in [-0.39, 0.29) is 0 Å². The van der Waals surface area contributed by atoms with Gasteiger partial charge in [0.05, 0.1) is 0 Å². The summed E-state index contributed by atoms with van der Waals surface area (Å²) in [5, 5.41) is 3.54. The molecule has 2 aliphatic rings. The van der Waals surface area contributed by atoms with E-state index in [4.69, 9.17) is 4.98 Å². The van der Waals surface area contributed by atoms with Gasteiger partial charge in [-0.3, -0.25) is 0 Å². The van der Waals surface area contributed by atoms with E-state index >= 15 is 0 Å². The van der Waals surface area contributed by atoms with Gasteiger partial charge in [0.1, 0.15) is 5.82 Å². The number of aryl methyl sites for hydroxylation is 2. The zero-order valence-corrected chi connectivity index (χ0v) is 15.9. The Hall–Kier alpha value is -2.30. The van der Waals surface area contributed by atoms with Crippen molar-refractivity contribution in [1.29, 1.82) is 0 Å². The molecule has 2 aromatic rings. The van der Waals surface area contributed by atoms with E-state index in [9.17, 15) is 0 Å². The van der Waals surface area contributed by atoms with Crippen molar-refractivity contribution in [2.45, 2.75) is 45.6 Å². The molecule has 1 aromatic heterocycles. The van der Waals surface area contributed by atoms with Crippen molar-refractivity contribution in [1.82, 2.24) is 9.97 Å². The summed E-state index contributed by atoms with van der Waals surface area (Å²) in [7, 11) is 0. The Kier molecular flexibility index (Phi) is 4.96. The van der Waals surface area contributed by atoms with Gasteiger partial charge in [-0.2, -0.15) is 4.98 Å². The molecule has 0 radical (unpaired) electrons. The van der Waals surface area contributed by atoms with Gasteiger partial charge in [0, 0.05) is 49.7 Å². The molecule has 0 bridgehead atoms. The number of piperazine rings is 1. The van der Waals surface area contributed by atoms with Gasteiger partial charge >= 0.3 is 0 Å². The van der Waals surface area contributed by atoms with Crippen LogP contribution in [-0.2, 0) is 0 Å². The van der Waals surface area contributed by atoms with Crippen LogP contribution in [0, 0.1) is 13.8 Å². The Morgan fingerprint density at radius 2 is 1.65 bits per heavy atom. The average molecular weight is 351 g/mol. The van der Waals surface area contributed by atoms with Crippen molar-refractivity contribution in [2.75, 3.05) is 41.3 Å². The van der Waals surface area contributed by atoms with Crippen LogP contribution in [0.15, 0.2) is 30.3 Å². The Morgan fingerprint density at radius 3 is 2.38 bits per heavy atom. The zero-order chi connectivity index (χ0) is 17.9. The van der Waals surface area contributed by atoms with Crippen LogP contribution in [-0.4, -0.2) is 42.2 Å². The predicted molar refractivity (Wildman–Crippen MR) is 108 cm³/mol. The minimum atomic E-state index is 0.544. The quantitative estimate of drug-likeness (QED) is 0.908. The monoisotopic (exact) mass is 351 g/mol. The van der Waals surface area contributed by atoms with E-state index in [1.807, 2.05) is 0 Å². The normalized spacial score (nSPS) is 18.4. The Labute approximate surface area is 156 Å². The molecule has 5 nitrogen and oxygen atoms in total.